The first-order valence-corrected chi connectivity index (χ1v) is 6.25. The Morgan fingerprint density at radius 1 is 1.47 bits per heavy atom. The number of likely N-dealkylation sites (tertiary alicyclic amines) is 1. The molecular formula is C12H18N4O. The minimum Gasteiger partial charge on any atom is -0.337 e. The summed E-state index contributed by atoms with van der Waals surface area (Å²) in [6.45, 7) is 1.47. The highest BCUT2D eigenvalue weighted by Gasteiger charge is 2.35. The Morgan fingerprint density at radius 3 is 2.94 bits per heavy atom. The molecular weight excluding hydrogens is 216 g/mol. The zero-order chi connectivity index (χ0) is 11.8. The normalized spacial score (nSPS) is 24.6. The summed E-state index contributed by atoms with van der Waals surface area (Å²) in [7, 11) is 1.96. The fraction of sp³-hybridized carbons (Fsp3) is 0.667. The molecule has 0 aromatic carbocycles. The van der Waals surface area contributed by atoms with E-state index < -0.39 is 0 Å². The number of hydrogen-bond acceptors (Lipinski definition) is 3. The van der Waals surface area contributed by atoms with Gasteiger partial charge in [0.25, 0.3) is 0 Å². The van der Waals surface area contributed by atoms with Crippen LogP contribution in [-0.4, -0.2) is 39.0 Å². The van der Waals surface area contributed by atoms with Crippen LogP contribution in [0.5, 0.6) is 0 Å². The molecule has 1 aliphatic heterocycles. The summed E-state index contributed by atoms with van der Waals surface area (Å²) in [5.41, 5.74) is 0. The molecule has 0 spiro atoms. The molecule has 2 fully saturated rings. The molecule has 1 saturated carbocycles. The number of rotatable bonds is 4. The molecule has 5 heteroatoms. The van der Waals surface area contributed by atoms with Gasteiger partial charge in [-0.2, -0.15) is 0 Å². The van der Waals surface area contributed by atoms with Gasteiger partial charge in [-0.15, -0.1) is 0 Å². The van der Waals surface area contributed by atoms with Gasteiger partial charge in [0.15, 0.2) is 0 Å². The van der Waals surface area contributed by atoms with Gasteiger partial charge in [-0.05, 0) is 19.3 Å². The number of nitrogens with one attached hydrogen (secondary N) is 1. The maximum atomic E-state index is 12.1. The van der Waals surface area contributed by atoms with E-state index in [1.807, 2.05) is 22.7 Å². The lowest BCUT2D eigenvalue weighted by atomic mass is 10.2. The van der Waals surface area contributed by atoms with E-state index in [4.69, 9.17) is 0 Å². The third-order valence-corrected chi connectivity index (χ3v) is 3.56. The first-order chi connectivity index (χ1) is 8.24. The highest BCUT2D eigenvalue weighted by molar-refractivity contribution is 5.84. The molecule has 1 unspecified atom stereocenters. The van der Waals surface area contributed by atoms with Crippen molar-refractivity contribution in [1.29, 1.82) is 0 Å². The fourth-order valence-electron chi connectivity index (χ4n) is 2.30. The van der Waals surface area contributed by atoms with Crippen molar-refractivity contribution in [3.05, 3.63) is 18.2 Å². The molecule has 1 amide bonds. The molecule has 1 aliphatic carbocycles. The summed E-state index contributed by atoms with van der Waals surface area (Å²) in [5.74, 6) is 1.19. The van der Waals surface area contributed by atoms with Crippen LogP contribution in [-0.2, 0) is 18.4 Å². The van der Waals surface area contributed by atoms with Crippen molar-refractivity contribution in [3.8, 4) is 0 Å². The number of carbonyl (C=O) groups is 1. The van der Waals surface area contributed by atoms with Crippen molar-refractivity contribution in [1.82, 2.24) is 19.8 Å². The summed E-state index contributed by atoms with van der Waals surface area (Å²) in [4.78, 5) is 18.3. The lowest BCUT2D eigenvalue weighted by molar-refractivity contribution is -0.130. The van der Waals surface area contributed by atoms with E-state index in [2.05, 4.69) is 10.3 Å². The van der Waals surface area contributed by atoms with Gasteiger partial charge in [-0.3, -0.25) is 4.79 Å². The maximum absolute atomic E-state index is 12.1. The highest BCUT2D eigenvalue weighted by atomic mass is 16.2. The summed E-state index contributed by atoms with van der Waals surface area (Å²) in [5, 5.41) is 3.41. The Labute approximate surface area is 101 Å². The third kappa shape index (κ3) is 2.20. The fourth-order valence-corrected chi connectivity index (χ4v) is 2.30. The molecule has 17 heavy (non-hydrogen) atoms. The predicted octanol–water partition coefficient (Wildman–Crippen LogP) is 0.273. The van der Waals surface area contributed by atoms with Gasteiger partial charge in [-0.25, -0.2) is 4.98 Å². The highest BCUT2D eigenvalue weighted by Crippen LogP contribution is 2.23. The van der Waals surface area contributed by atoms with Crippen molar-refractivity contribution < 1.29 is 4.79 Å². The van der Waals surface area contributed by atoms with Gasteiger partial charge in [0.05, 0.1) is 12.6 Å². The average Bonchev–Trinajstić information content (AvgIpc) is 2.96. The van der Waals surface area contributed by atoms with Crippen LogP contribution in [0.2, 0.25) is 0 Å². The third-order valence-electron chi connectivity index (χ3n) is 3.56. The first kappa shape index (κ1) is 10.8. The quantitative estimate of drug-likeness (QED) is 0.813. The van der Waals surface area contributed by atoms with Gasteiger partial charge < -0.3 is 14.8 Å². The Balaban J connectivity index is 1.61. The second kappa shape index (κ2) is 4.14. The molecule has 2 aliphatic rings. The number of aryl methyl sites for hydroxylation is 1. The van der Waals surface area contributed by atoms with Crippen LogP contribution >= 0.6 is 0 Å². The zero-order valence-electron chi connectivity index (χ0n) is 10.1. The lowest BCUT2D eigenvalue weighted by Gasteiger charge is -2.16. The molecule has 1 atom stereocenters. The molecule has 3 rings (SSSR count). The molecule has 1 N–H and O–H groups in total. The first-order valence-electron chi connectivity index (χ1n) is 6.25. The molecule has 0 bridgehead atoms. The smallest absolute Gasteiger partial charge is 0.240 e. The van der Waals surface area contributed by atoms with Crippen LogP contribution in [0.4, 0.5) is 0 Å². The monoisotopic (exact) mass is 234 g/mol. The summed E-state index contributed by atoms with van der Waals surface area (Å²) < 4.78 is 1.97. The van der Waals surface area contributed by atoms with Crippen LogP contribution in [0.1, 0.15) is 25.1 Å². The second-order valence-corrected chi connectivity index (χ2v) is 5.00. The van der Waals surface area contributed by atoms with Crippen LogP contribution in [0, 0.1) is 0 Å². The number of nitrogens with zero attached hydrogens (tertiary/aromatic N) is 3. The Hall–Kier alpha value is -1.36. The molecule has 92 valence electrons. The lowest BCUT2D eigenvalue weighted by Crippen LogP contribution is -2.39. The van der Waals surface area contributed by atoms with Gasteiger partial charge in [0, 0.05) is 32.0 Å². The molecule has 1 aromatic rings. The minimum absolute atomic E-state index is 0.0442. The van der Waals surface area contributed by atoms with Crippen LogP contribution in [0.3, 0.4) is 0 Å². The molecule has 0 radical (unpaired) electrons. The number of aromatic nitrogens is 2. The Bertz CT molecular complexity index is 424. The van der Waals surface area contributed by atoms with Crippen molar-refractivity contribution in [2.75, 3.05) is 6.54 Å². The molecule has 2 heterocycles. The maximum Gasteiger partial charge on any atom is 0.240 e. The Kier molecular flexibility index (Phi) is 2.63. The second-order valence-electron chi connectivity index (χ2n) is 5.00. The summed E-state index contributed by atoms with van der Waals surface area (Å²) in [6, 6.07) is 0.639. The number of amides is 1. The zero-order valence-corrected chi connectivity index (χ0v) is 10.1. The minimum atomic E-state index is 0.0442. The van der Waals surface area contributed by atoms with E-state index in [9.17, 15) is 4.79 Å². The standard InChI is InChI=1S/C12H18N4O/c1-15-7-5-13-11(15)8-16-6-4-10(12(16)17)14-9-2-3-9/h5,7,9-10,14H,2-4,6,8H2,1H3. The van der Waals surface area contributed by atoms with E-state index in [0.29, 0.717) is 12.6 Å². The van der Waals surface area contributed by atoms with Crippen LogP contribution in [0.15, 0.2) is 12.4 Å². The number of carbonyl (C=O) groups excluding carboxylic acids is 1. The van der Waals surface area contributed by atoms with E-state index >= 15 is 0 Å². The van der Waals surface area contributed by atoms with Gasteiger partial charge in [0.2, 0.25) is 5.91 Å². The van der Waals surface area contributed by atoms with Gasteiger partial charge >= 0.3 is 0 Å². The van der Waals surface area contributed by atoms with E-state index in [-0.39, 0.29) is 11.9 Å². The van der Waals surface area contributed by atoms with E-state index in [0.717, 1.165) is 18.8 Å². The van der Waals surface area contributed by atoms with Gasteiger partial charge in [0.1, 0.15) is 5.82 Å². The van der Waals surface area contributed by atoms with Crippen molar-refractivity contribution in [3.63, 3.8) is 0 Å². The topological polar surface area (TPSA) is 50.2 Å². The van der Waals surface area contributed by atoms with Gasteiger partial charge in [-0.1, -0.05) is 0 Å². The molecule has 5 nitrogen and oxygen atoms in total. The molecule has 1 saturated heterocycles. The number of hydrogen-bond donors (Lipinski definition) is 1. The number of imidazole rings is 1. The van der Waals surface area contributed by atoms with Crippen LogP contribution < -0.4 is 5.32 Å². The van der Waals surface area contributed by atoms with E-state index in [1.165, 1.54) is 12.8 Å². The predicted molar refractivity (Wildman–Crippen MR) is 63.2 cm³/mol. The van der Waals surface area contributed by atoms with Crippen LogP contribution in [0.25, 0.3) is 0 Å². The molecule has 1 aromatic heterocycles. The van der Waals surface area contributed by atoms with Crippen molar-refractivity contribution in [2.45, 2.75) is 37.9 Å². The summed E-state index contributed by atoms with van der Waals surface area (Å²) >= 11 is 0. The van der Waals surface area contributed by atoms with Crippen molar-refractivity contribution in [2.24, 2.45) is 7.05 Å². The van der Waals surface area contributed by atoms with E-state index in [1.54, 1.807) is 6.20 Å². The largest absolute Gasteiger partial charge is 0.337 e. The SMILES string of the molecule is Cn1ccnc1CN1CCC(NC2CC2)C1=O. The summed E-state index contributed by atoms with van der Waals surface area (Å²) in [6.07, 6.45) is 7.07. The van der Waals surface area contributed by atoms with Crippen molar-refractivity contribution >= 4 is 5.91 Å². The average molecular weight is 234 g/mol. The Morgan fingerprint density at radius 2 is 2.29 bits per heavy atom.